The fourth-order valence-electron chi connectivity index (χ4n) is 1.85. The largest absolute Gasteiger partial charge is 0.481 e. The van der Waals surface area contributed by atoms with Crippen molar-refractivity contribution in [3.05, 3.63) is 33.3 Å². The molecule has 0 heterocycles. The van der Waals surface area contributed by atoms with E-state index in [0.717, 1.165) is 12.8 Å². The Bertz CT molecular complexity index is 517. The van der Waals surface area contributed by atoms with Crippen LogP contribution in [-0.2, 0) is 4.79 Å². The summed E-state index contributed by atoms with van der Waals surface area (Å²) in [5.41, 5.74) is 0.522. The smallest absolute Gasteiger partial charge is 0.305 e. The summed E-state index contributed by atoms with van der Waals surface area (Å²) in [6, 6.07) is 5.16. The first kappa shape index (κ1) is 14.3. The molecule has 0 atom stereocenters. The number of amides is 1. The van der Waals surface area contributed by atoms with Crippen molar-refractivity contribution in [2.45, 2.75) is 25.3 Å². The van der Waals surface area contributed by atoms with E-state index in [4.69, 9.17) is 16.7 Å². The van der Waals surface area contributed by atoms with Crippen molar-refractivity contribution in [1.82, 2.24) is 4.90 Å². The molecule has 0 spiro atoms. The average Bonchev–Trinajstić information content (AvgIpc) is 3.16. The summed E-state index contributed by atoms with van der Waals surface area (Å²) in [6.45, 7) is 0.249. The Hall–Kier alpha value is -1.07. The second-order valence-corrected chi connectivity index (χ2v) is 5.76. The monoisotopic (exact) mass is 345 g/mol. The molecule has 2 rings (SSSR count). The maximum Gasteiger partial charge on any atom is 0.305 e. The predicted octanol–water partition coefficient (Wildman–Crippen LogP) is 3.18. The highest BCUT2D eigenvalue weighted by Gasteiger charge is 2.33. The molecule has 1 aromatic carbocycles. The molecule has 1 aliphatic carbocycles. The van der Waals surface area contributed by atoms with E-state index in [1.54, 1.807) is 23.1 Å². The van der Waals surface area contributed by atoms with Crippen molar-refractivity contribution in [3.63, 3.8) is 0 Å². The zero-order valence-electron chi connectivity index (χ0n) is 10.1. The molecule has 0 aromatic heterocycles. The van der Waals surface area contributed by atoms with Gasteiger partial charge in [0.15, 0.2) is 0 Å². The molecule has 6 heteroatoms. The summed E-state index contributed by atoms with van der Waals surface area (Å²) in [5.74, 6) is -1.03. The van der Waals surface area contributed by atoms with E-state index in [0.29, 0.717) is 15.1 Å². The molecular weight excluding hydrogens is 334 g/mol. The zero-order valence-corrected chi connectivity index (χ0v) is 12.4. The highest BCUT2D eigenvalue weighted by molar-refractivity contribution is 9.10. The maximum atomic E-state index is 12.4. The van der Waals surface area contributed by atoms with E-state index in [1.165, 1.54) is 0 Å². The lowest BCUT2D eigenvalue weighted by Crippen LogP contribution is -2.35. The summed E-state index contributed by atoms with van der Waals surface area (Å²) < 4.78 is 0.661. The standard InChI is InChI=1S/C13H13BrClNO3/c14-10-7-8(1-4-11(10)15)13(19)16(9-2-3-9)6-5-12(17)18/h1,4,7,9H,2-3,5-6H2,(H,17,18). The van der Waals surface area contributed by atoms with E-state index >= 15 is 0 Å². The van der Waals surface area contributed by atoms with Gasteiger partial charge in [0.05, 0.1) is 11.4 Å². The second-order valence-electron chi connectivity index (χ2n) is 4.50. The number of rotatable bonds is 5. The summed E-state index contributed by atoms with van der Waals surface area (Å²) >= 11 is 9.17. The van der Waals surface area contributed by atoms with Gasteiger partial charge in [-0.05, 0) is 47.0 Å². The van der Waals surface area contributed by atoms with E-state index in [9.17, 15) is 9.59 Å². The third-order valence-electron chi connectivity index (χ3n) is 2.98. The van der Waals surface area contributed by atoms with Crippen LogP contribution in [0.25, 0.3) is 0 Å². The number of carbonyl (C=O) groups excluding carboxylic acids is 1. The number of nitrogens with zero attached hydrogens (tertiary/aromatic N) is 1. The first-order valence-electron chi connectivity index (χ1n) is 5.97. The molecule has 1 aliphatic rings. The Morgan fingerprint density at radius 2 is 2.11 bits per heavy atom. The molecule has 0 bridgehead atoms. The van der Waals surface area contributed by atoms with Gasteiger partial charge in [-0.3, -0.25) is 9.59 Å². The lowest BCUT2D eigenvalue weighted by atomic mass is 10.2. The van der Waals surface area contributed by atoms with E-state index in [1.807, 2.05) is 0 Å². The Kier molecular flexibility index (Phi) is 4.47. The fourth-order valence-corrected chi connectivity index (χ4v) is 2.34. The van der Waals surface area contributed by atoms with Gasteiger partial charge < -0.3 is 10.0 Å². The van der Waals surface area contributed by atoms with Crippen molar-refractivity contribution >= 4 is 39.4 Å². The van der Waals surface area contributed by atoms with Crippen molar-refractivity contribution in [3.8, 4) is 0 Å². The minimum atomic E-state index is -0.893. The molecule has 1 saturated carbocycles. The highest BCUT2D eigenvalue weighted by Crippen LogP contribution is 2.30. The van der Waals surface area contributed by atoms with E-state index < -0.39 is 5.97 Å². The van der Waals surface area contributed by atoms with Crippen LogP contribution in [0.1, 0.15) is 29.6 Å². The van der Waals surface area contributed by atoms with Crippen LogP contribution in [0.4, 0.5) is 0 Å². The van der Waals surface area contributed by atoms with Crippen molar-refractivity contribution in [1.29, 1.82) is 0 Å². The number of aliphatic carboxylic acids is 1. The first-order valence-corrected chi connectivity index (χ1v) is 7.14. The molecule has 102 valence electrons. The number of halogens is 2. The quantitative estimate of drug-likeness (QED) is 0.891. The van der Waals surface area contributed by atoms with Crippen LogP contribution in [0.2, 0.25) is 5.02 Å². The summed E-state index contributed by atoms with van der Waals surface area (Å²) in [6.07, 6.45) is 1.86. The van der Waals surface area contributed by atoms with Crippen molar-refractivity contribution in [2.75, 3.05) is 6.54 Å². The molecule has 1 aromatic rings. The van der Waals surface area contributed by atoms with Gasteiger partial charge in [0.1, 0.15) is 0 Å². The number of hydrogen-bond acceptors (Lipinski definition) is 2. The van der Waals surface area contributed by atoms with Crippen LogP contribution in [0.15, 0.2) is 22.7 Å². The third kappa shape index (κ3) is 3.70. The van der Waals surface area contributed by atoms with Crippen molar-refractivity contribution in [2.24, 2.45) is 0 Å². The molecule has 1 fully saturated rings. The number of carbonyl (C=O) groups is 2. The molecule has 4 nitrogen and oxygen atoms in total. The fraction of sp³-hybridized carbons (Fsp3) is 0.385. The number of carboxylic acid groups (broad SMARTS) is 1. The SMILES string of the molecule is O=C(O)CCN(C(=O)c1ccc(Cl)c(Br)c1)C1CC1. The van der Waals surface area contributed by atoms with Crippen LogP contribution >= 0.6 is 27.5 Å². The lowest BCUT2D eigenvalue weighted by Gasteiger charge is -2.21. The van der Waals surface area contributed by atoms with Gasteiger partial charge in [-0.2, -0.15) is 0 Å². The van der Waals surface area contributed by atoms with Gasteiger partial charge in [-0.25, -0.2) is 0 Å². The molecule has 0 radical (unpaired) electrons. The van der Waals surface area contributed by atoms with Crippen molar-refractivity contribution < 1.29 is 14.7 Å². The number of benzene rings is 1. The molecule has 0 saturated heterocycles. The van der Waals surface area contributed by atoms with Crippen LogP contribution in [0.3, 0.4) is 0 Å². The maximum absolute atomic E-state index is 12.4. The Balaban J connectivity index is 2.14. The van der Waals surface area contributed by atoms with Crippen LogP contribution < -0.4 is 0 Å². The lowest BCUT2D eigenvalue weighted by molar-refractivity contribution is -0.137. The molecule has 1 amide bonds. The van der Waals surface area contributed by atoms with Crippen LogP contribution in [0, 0.1) is 0 Å². The van der Waals surface area contributed by atoms with Gasteiger partial charge in [0.25, 0.3) is 5.91 Å². The average molecular weight is 347 g/mol. The Morgan fingerprint density at radius 3 is 2.63 bits per heavy atom. The van der Waals surface area contributed by atoms with E-state index in [-0.39, 0.29) is 24.9 Å². The molecule has 0 unspecified atom stereocenters. The minimum absolute atomic E-state index is 0.0308. The Labute approximate surface area is 124 Å². The molecular formula is C13H13BrClNO3. The number of hydrogen-bond donors (Lipinski definition) is 1. The zero-order chi connectivity index (χ0) is 14.0. The molecule has 1 N–H and O–H groups in total. The second kappa shape index (κ2) is 5.92. The molecule has 19 heavy (non-hydrogen) atoms. The highest BCUT2D eigenvalue weighted by atomic mass is 79.9. The topological polar surface area (TPSA) is 57.6 Å². The van der Waals surface area contributed by atoms with Gasteiger partial charge in [-0.15, -0.1) is 0 Å². The van der Waals surface area contributed by atoms with Crippen LogP contribution in [0.5, 0.6) is 0 Å². The number of carboxylic acids is 1. The van der Waals surface area contributed by atoms with Gasteiger partial charge in [-0.1, -0.05) is 11.6 Å². The predicted molar refractivity (Wildman–Crippen MR) is 75.5 cm³/mol. The van der Waals surface area contributed by atoms with E-state index in [2.05, 4.69) is 15.9 Å². The first-order chi connectivity index (χ1) is 8.99. The summed E-state index contributed by atoms with van der Waals surface area (Å²) in [7, 11) is 0. The summed E-state index contributed by atoms with van der Waals surface area (Å²) in [5, 5.41) is 9.28. The third-order valence-corrected chi connectivity index (χ3v) is 4.20. The Morgan fingerprint density at radius 1 is 1.42 bits per heavy atom. The van der Waals surface area contributed by atoms with Gasteiger partial charge >= 0.3 is 5.97 Å². The summed E-state index contributed by atoms with van der Waals surface area (Å²) in [4.78, 5) is 24.7. The normalized spacial score (nSPS) is 14.2. The van der Waals surface area contributed by atoms with Gasteiger partial charge in [0, 0.05) is 22.6 Å². The van der Waals surface area contributed by atoms with Crippen LogP contribution in [-0.4, -0.2) is 34.5 Å². The molecule has 0 aliphatic heterocycles. The van der Waals surface area contributed by atoms with Gasteiger partial charge in [0.2, 0.25) is 0 Å². The minimum Gasteiger partial charge on any atom is -0.481 e.